The number of rotatable bonds is 11. The fraction of sp³-hybridized carbons (Fsp3) is 0.200. The molecule has 4 aromatic rings. The Bertz CT molecular complexity index is 1600. The van der Waals surface area contributed by atoms with Crippen molar-refractivity contribution < 1.29 is 47.6 Å². The quantitative estimate of drug-likeness (QED) is 0.171. The van der Waals surface area contributed by atoms with Crippen molar-refractivity contribution in [1.82, 2.24) is 0 Å². The van der Waals surface area contributed by atoms with Crippen molar-refractivity contribution >= 4 is 23.9 Å². The van der Waals surface area contributed by atoms with Crippen LogP contribution in [0.5, 0.6) is 0 Å². The normalized spacial score (nSPS) is 20.5. The molecule has 4 aromatic carbocycles. The lowest BCUT2D eigenvalue weighted by atomic mass is 10.0. The van der Waals surface area contributed by atoms with Crippen LogP contribution < -0.4 is 0 Å². The topological polar surface area (TPSA) is 124 Å². The summed E-state index contributed by atoms with van der Waals surface area (Å²) in [6.07, 6.45) is -4.02. The second kappa shape index (κ2) is 14.4. The zero-order valence-electron chi connectivity index (χ0n) is 24.3. The van der Waals surface area contributed by atoms with Crippen LogP contribution in [0.4, 0.5) is 0 Å². The van der Waals surface area contributed by atoms with Crippen molar-refractivity contribution in [3.8, 4) is 0 Å². The van der Waals surface area contributed by atoms with Gasteiger partial charge in [-0.3, -0.25) is 0 Å². The van der Waals surface area contributed by atoms with Gasteiger partial charge in [0, 0.05) is 7.11 Å². The van der Waals surface area contributed by atoms with Gasteiger partial charge >= 0.3 is 23.9 Å². The first kappa shape index (κ1) is 31.1. The maximum absolute atomic E-state index is 13.4. The average Bonchev–Trinajstić information content (AvgIpc) is 3.39. The summed E-state index contributed by atoms with van der Waals surface area (Å²) < 4.78 is 34.9. The summed E-state index contributed by atoms with van der Waals surface area (Å²) >= 11 is 0. The molecule has 10 heteroatoms. The molecule has 1 aliphatic heterocycles. The Labute approximate surface area is 259 Å². The van der Waals surface area contributed by atoms with E-state index in [9.17, 15) is 19.2 Å². The van der Waals surface area contributed by atoms with Gasteiger partial charge in [-0.25, -0.2) is 19.2 Å². The monoisotopic (exact) mass is 610 g/mol. The zero-order valence-corrected chi connectivity index (χ0v) is 24.3. The Balaban J connectivity index is 1.47. The third kappa shape index (κ3) is 7.43. The van der Waals surface area contributed by atoms with Crippen molar-refractivity contribution in [2.24, 2.45) is 0 Å². The molecule has 0 aliphatic carbocycles. The first-order valence-corrected chi connectivity index (χ1v) is 14.1. The highest BCUT2D eigenvalue weighted by atomic mass is 16.8. The van der Waals surface area contributed by atoms with Crippen LogP contribution in [-0.4, -0.2) is 68.3 Å². The van der Waals surface area contributed by atoms with E-state index in [1.807, 2.05) is 0 Å². The molecule has 230 valence electrons. The van der Waals surface area contributed by atoms with Gasteiger partial charge in [0.2, 0.25) is 5.79 Å². The first-order chi connectivity index (χ1) is 21.9. The molecule has 1 aliphatic rings. The van der Waals surface area contributed by atoms with Gasteiger partial charge in [0.05, 0.1) is 22.3 Å². The number of carbonyl (C=O) groups is 4. The number of ether oxygens (including phenoxy) is 6. The molecule has 10 nitrogen and oxygen atoms in total. The van der Waals surface area contributed by atoms with Crippen LogP contribution >= 0.6 is 0 Å². The molecule has 0 aromatic heterocycles. The molecule has 0 amide bonds. The maximum atomic E-state index is 13.4. The van der Waals surface area contributed by atoms with E-state index < -0.39 is 61.2 Å². The number of carbonyl (C=O) groups excluding carboxylic acids is 4. The Morgan fingerprint density at radius 2 is 0.978 bits per heavy atom. The molecule has 5 rings (SSSR count). The largest absolute Gasteiger partial charge is 0.459 e. The molecule has 0 unspecified atom stereocenters. The summed E-state index contributed by atoms with van der Waals surface area (Å²) in [5, 5.41) is 0. The highest BCUT2D eigenvalue weighted by molar-refractivity contribution is 5.91. The minimum absolute atomic E-state index is 0.205. The molecular formula is C35H30O10. The molecule has 1 saturated heterocycles. The van der Waals surface area contributed by atoms with Crippen molar-refractivity contribution in [3.05, 3.63) is 144 Å². The summed E-state index contributed by atoms with van der Waals surface area (Å²) in [6, 6.07) is 32.8. The van der Waals surface area contributed by atoms with Crippen LogP contribution in [0.3, 0.4) is 0 Å². The van der Waals surface area contributed by atoms with E-state index in [4.69, 9.17) is 28.4 Å². The lowest BCUT2D eigenvalue weighted by Crippen LogP contribution is -2.52. The van der Waals surface area contributed by atoms with E-state index in [1.54, 1.807) is 121 Å². The van der Waals surface area contributed by atoms with E-state index in [1.165, 1.54) is 7.11 Å². The van der Waals surface area contributed by atoms with Crippen LogP contribution in [0.25, 0.3) is 0 Å². The van der Waals surface area contributed by atoms with Crippen LogP contribution in [0.1, 0.15) is 41.4 Å². The highest BCUT2D eigenvalue weighted by Gasteiger charge is 2.61. The number of hydrogen-bond acceptors (Lipinski definition) is 10. The van der Waals surface area contributed by atoms with Gasteiger partial charge in [-0.2, -0.15) is 0 Å². The predicted molar refractivity (Wildman–Crippen MR) is 159 cm³/mol. The van der Waals surface area contributed by atoms with Gasteiger partial charge in [-0.05, 0) is 48.5 Å². The van der Waals surface area contributed by atoms with Crippen LogP contribution in [0.15, 0.2) is 121 Å². The van der Waals surface area contributed by atoms with Crippen LogP contribution in [0.2, 0.25) is 0 Å². The van der Waals surface area contributed by atoms with Gasteiger partial charge in [-0.1, -0.05) is 72.8 Å². The number of benzene rings is 4. The molecule has 4 atom stereocenters. The van der Waals surface area contributed by atoms with E-state index in [2.05, 4.69) is 0 Å². The van der Waals surface area contributed by atoms with Gasteiger partial charge in [0.15, 0.2) is 12.2 Å². The number of esters is 4. The van der Waals surface area contributed by atoms with Crippen molar-refractivity contribution in [3.63, 3.8) is 0 Å². The van der Waals surface area contributed by atoms with E-state index in [-0.39, 0.29) is 22.3 Å². The Hall–Kier alpha value is -5.32. The second-order valence-corrected chi connectivity index (χ2v) is 10.0. The summed E-state index contributed by atoms with van der Waals surface area (Å²) in [5.41, 5.74) is 0.974. The van der Waals surface area contributed by atoms with E-state index in [0.717, 1.165) is 0 Å². The molecule has 0 radical (unpaired) electrons. The fourth-order valence-electron chi connectivity index (χ4n) is 4.76. The highest BCUT2D eigenvalue weighted by Crippen LogP contribution is 2.38. The molecule has 1 heterocycles. The molecular weight excluding hydrogens is 580 g/mol. The van der Waals surface area contributed by atoms with Crippen molar-refractivity contribution in [1.29, 1.82) is 0 Å². The van der Waals surface area contributed by atoms with Gasteiger partial charge < -0.3 is 28.4 Å². The third-order valence-corrected chi connectivity index (χ3v) is 7.09. The molecule has 45 heavy (non-hydrogen) atoms. The minimum atomic E-state index is -1.96. The summed E-state index contributed by atoms with van der Waals surface area (Å²) in [7, 11) is 1.27. The smallest absolute Gasteiger partial charge is 0.338 e. The summed E-state index contributed by atoms with van der Waals surface area (Å²) in [6.45, 7) is -0.982. The van der Waals surface area contributed by atoms with E-state index >= 15 is 0 Å². The maximum Gasteiger partial charge on any atom is 0.338 e. The Morgan fingerprint density at radius 3 is 1.42 bits per heavy atom. The van der Waals surface area contributed by atoms with Crippen molar-refractivity contribution in [2.75, 3.05) is 20.3 Å². The molecule has 0 bridgehead atoms. The Kier molecular flexibility index (Phi) is 9.98. The summed E-state index contributed by atoms with van der Waals surface area (Å²) in [4.78, 5) is 52.4. The zero-order chi connectivity index (χ0) is 31.6. The second-order valence-electron chi connectivity index (χ2n) is 10.0. The average molecular weight is 611 g/mol. The SMILES string of the molecule is CO[C@@]1(COC(=O)c2ccccc2)O[C@H](COC(=O)c2ccccc2)[C@@H](OC(=O)c2ccccc2)[C@@H]1OC(=O)c1ccccc1. The molecule has 0 N–H and O–H groups in total. The third-order valence-electron chi connectivity index (χ3n) is 7.09. The lowest BCUT2D eigenvalue weighted by molar-refractivity contribution is -0.262. The molecule has 0 spiro atoms. The molecule has 1 fully saturated rings. The van der Waals surface area contributed by atoms with Crippen LogP contribution in [0, 0.1) is 0 Å². The minimum Gasteiger partial charge on any atom is -0.459 e. The van der Waals surface area contributed by atoms with Crippen molar-refractivity contribution in [2.45, 2.75) is 24.1 Å². The van der Waals surface area contributed by atoms with E-state index in [0.29, 0.717) is 0 Å². The van der Waals surface area contributed by atoms with Crippen LogP contribution in [-0.2, 0) is 28.4 Å². The fourth-order valence-corrected chi connectivity index (χ4v) is 4.76. The lowest BCUT2D eigenvalue weighted by Gasteiger charge is -2.32. The first-order valence-electron chi connectivity index (χ1n) is 14.1. The van der Waals surface area contributed by atoms with Gasteiger partial charge in [-0.15, -0.1) is 0 Å². The number of hydrogen-bond donors (Lipinski definition) is 0. The standard InChI is InChI=1S/C35H30O10/c1-40-35(23-42-32(37)25-16-8-3-9-17-25)30(44-34(39)27-20-12-5-13-21-27)29(43-33(38)26-18-10-4-11-19-26)28(45-35)22-41-31(36)24-14-6-2-7-15-24/h2-21,28-30H,22-23H2,1H3/t28-,29-,30+,35+/m1/s1. The van der Waals surface area contributed by atoms with Gasteiger partial charge in [0.25, 0.3) is 0 Å². The summed E-state index contributed by atoms with van der Waals surface area (Å²) in [5.74, 6) is -4.84. The Morgan fingerprint density at radius 1 is 0.578 bits per heavy atom. The predicted octanol–water partition coefficient (Wildman–Crippen LogP) is 4.89. The molecule has 0 saturated carbocycles. The number of methoxy groups -OCH3 is 1. The van der Waals surface area contributed by atoms with Gasteiger partial charge in [0.1, 0.15) is 19.3 Å².